The number of rotatable bonds is 3. The highest BCUT2D eigenvalue weighted by molar-refractivity contribution is 9.10. The van der Waals surface area contributed by atoms with Crippen LogP contribution in [-0.4, -0.2) is 11.1 Å². The van der Waals surface area contributed by atoms with Crippen LogP contribution >= 0.6 is 27.3 Å². The molecule has 1 N–H and O–H groups in total. The molecule has 1 aromatic carbocycles. The van der Waals surface area contributed by atoms with Crippen molar-refractivity contribution < 1.29 is 9.90 Å². The van der Waals surface area contributed by atoms with E-state index in [0.717, 1.165) is 33.3 Å². The topological polar surface area (TPSA) is 37.3 Å². The third kappa shape index (κ3) is 1.80. The van der Waals surface area contributed by atoms with Crippen molar-refractivity contribution in [3.05, 3.63) is 45.7 Å². The molecule has 3 rings (SSSR count). The van der Waals surface area contributed by atoms with Crippen molar-refractivity contribution in [2.24, 2.45) is 0 Å². The van der Waals surface area contributed by atoms with E-state index in [1.54, 1.807) is 11.3 Å². The molecule has 4 heteroatoms. The molecule has 2 nitrogen and oxygen atoms in total. The minimum absolute atomic E-state index is 0.601. The van der Waals surface area contributed by atoms with Crippen LogP contribution in [0.2, 0.25) is 0 Å². The van der Waals surface area contributed by atoms with Crippen LogP contribution in [0.5, 0.6) is 0 Å². The van der Waals surface area contributed by atoms with Crippen LogP contribution in [0.15, 0.2) is 40.2 Å². The summed E-state index contributed by atoms with van der Waals surface area (Å²) in [6, 6.07) is 10.0. The summed E-state index contributed by atoms with van der Waals surface area (Å²) < 4.78 is 1.04. The molecule has 2 aromatic rings. The number of hydrogen-bond donors (Lipinski definition) is 1. The first-order valence-electron chi connectivity index (χ1n) is 5.71. The smallest absolute Gasteiger partial charge is 0.314 e. The van der Waals surface area contributed by atoms with Gasteiger partial charge in [-0.15, -0.1) is 11.3 Å². The van der Waals surface area contributed by atoms with Gasteiger partial charge in [-0.25, -0.2) is 0 Å². The van der Waals surface area contributed by atoms with Crippen molar-refractivity contribution in [2.75, 3.05) is 0 Å². The molecule has 1 heterocycles. The van der Waals surface area contributed by atoms with Gasteiger partial charge in [-0.05, 0) is 35.9 Å². The lowest BCUT2D eigenvalue weighted by molar-refractivity contribution is -0.140. The van der Waals surface area contributed by atoms with Crippen LogP contribution in [0.25, 0.3) is 10.4 Å². The molecule has 0 spiro atoms. The lowest BCUT2D eigenvalue weighted by Gasteiger charge is -2.06. The van der Waals surface area contributed by atoms with E-state index in [1.807, 2.05) is 35.7 Å². The molecule has 1 fully saturated rings. The first-order chi connectivity index (χ1) is 8.63. The molecule has 18 heavy (non-hydrogen) atoms. The highest BCUT2D eigenvalue weighted by Crippen LogP contribution is 2.50. The van der Waals surface area contributed by atoms with Crippen molar-refractivity contribution in [2.45, 2.75) is 18.3 Å². The second-order valence-corrected chi connectivity index (χ2v) is 6.33. The zero-order chi connectivity index (χ0) is 12.8. The second-order valence-electron chi connectivity index (χ2n) is 4.57. The molecule has 1 aromatic heterocycles. The van der Waals surface area contributed by atoms with Crippen molar-refractivity contribution in [3.63, 3.8) is 0 Å². The fourth-order valence-corrected chi connectivity index (χ4v) is 3.82. The Hall–Kier alpha value is -1.13. The maximum Gasteiger partial charge on any atom is 0.314 e. The lowest BCUT2D eigenvalue weighted by Crippen LogP contribution is -2.18. The van der Waals surface area contributed by atoms with Gasteiger partial charge in [-0.2, -0.15) is 0 Å². The van der Waals surface area contributed by atoms with Gasteiger partial charge < -0.3 is 5.11 Å². The Morgan fingerprint density at radius 2 is 2.06 bits per heavy atom. The fraction of sp³-hybridized carbons (Fsp3) is 0.214. The van der Waals surface area contributed by atoms with Crippen LogP contribution in [0, 0.1) is 0 Å². The van der Waals surface area contributed by atoms with Gasteiger partial charge in [-0.1, -0.05) is 34.1 Å². The summed E-state index contributed by atoms with van der Waals surface area (Å²) in [7, 11) is 0. The van der Waals surface area contributed by atoms with Crippen LogP contribution < -0.4 is 0 Å². The molecule has 92 valence electrons. The van der Waals surface area contributed by atoms with Crippen LogP contribution in [-0.2, 0) is 10.2 Å². The molecular formula is C14H11BrO2S. The Bertz CT molecular complexity index is 614. The minimum Gasteiger partial charge on any atom is -0.481 e. The number of hydrogen-bond acceptors (Lipinski definition) is 2. The van der Waals surface area contributed by atoms with Gasteiger partial charge >= 0.3 is 5.97 Å². The van der Waals surface area contributed by atoms with Crippen molar-refractivity contribution in [3.8, 4) is 10.4 Å². The fourth-order valence-electron chi connectivity index (χ4n) is 2.14. The van der Waals surface area contributed by atoms with Crippen LogP contribution in [0.4, 0.5) is 0 Å². The number of aliphatic carboxylic acids is 1. The Morgan fingerprint density at radius 1 is 1.33 bits per heavy atom. The van der Waals surface area contributed by atoms with Gasteiger partial charge in [0.15, 0.2) is 0 Å². The van der Waals surface area contributed by atoms with Gasteiger partial charge in [0.25, 0.3) is 0 Å². The van der Waals surface area contributed by atoms with Gasteiger partial charge in [-0.3, -0.25) is 4.79 Å². The van der Waals surface area contributed by atoms with E-state index in [4.69, 9.17) is 0 Å². The Balaban J connectivity index is 2.01. The van der Waals surface area contributed by atoms with Crippen molar-refractivity contribution in [1.82, 2.24) is 0 Å². The maximum atomic E-state index is 11.3. The minimum atomic E-state index is -0.695. The Labute approximate surface area is 117 Å². The first kappa shape index (κ1) is 11.9. The zero-order valence-electron chi connectivity index (χ0n) is 9.52. The van der Waals surface area contributed by atoms with Crippen molar-refractivity contribution >= 4 is 33.2 Å². The molecule has 1 saturated carbocycles. The van der Waals surface area contributed by atoms with Gasteiger partial charge in [0.2, 0.25) is 0 Å². The summed E-state index contributed by atoms with van der Waals surface area (Å²) in [6.45, 7) is 0. The Morgan fingerprint density at radius 3 is 2.67 bits per heavy atom. The van der Waals surface area contributed by atoms with E-state index >= 15 is 0 Å². The number of carboxylic acid groups (broad SMARTS) is 1. The largest absolute Gasteiger partial charge is 0.481 e. The zero-order valence-corrected chi connectivity index (χ0v) is 11.9. The molecule has 0 bridgehead atoms. The van der Waals surface area contributed by atoms with Crippen LogP contribution in [0.3, 0.4) is 0 Å². The number of halogens is 1. The monoisotopic (exact) mass is 322 g/mol. The third-order valence-electron chi connectivity index (χ3n) is 3.45. The second kappa shape index (κ2) is 4.21. The molecule has 0 radical (unpaired) electrons. The summed E-state index contributed by atoms with van der Waals surface area (Å²) in [5.41, 5.74) is 1.47. The van der Waals surface area contributed by atoms with E-state index in [9.17, 15) is 9.90 Å². The number of thiophene rings is 1. The third-order valence-corrected chi connectivity index (χ3v) is 5.11. The SMILES string of the molecule is O=C(O)C1(c2csc(-c3ccccc3Br)c2)CC1. The predicted octanol–water partition coefficient (Wildman–Crippen LogP) is 4.29. The number of carboxylic acids is 1. The average Bonchev–Trinajstić information content (AvgIpc) is 3.03. The van der Waals surface area contributed by atoms with Gasteiger partial charge in [0.05, 0.1) is 5.41 Å². The predicted molar refractivity (Wildman–Crippen MR) is 76.0 cm³/mol. The first-order valence-corrected chi connectivity index (χ1v) is 7.38. The molecule has 1 aliphatic rings. The van der Waals surface area contributed by atoms with Crippen molar-refractivity contribution in [1.29, 1.82) is 0 Å². The average molecular weight is 323 g/mol. The Kier molecular flexibility index (Phi) is 2.79. The molecule has 0 saturated heterocycles. The maximum absolute atomic E-state index is 11.3. The lowest BCUT2D eigenvalue weighted by atomic mass is 9.98. The van der Waals surface area contributed by atoms with Gasteiger partial charge in [0, 0.05) is 14.9 Å². The van der Waals surface area contributed by atoms with E-state index < -0.39 is 11.4 Å². The summed E-state index contributed by atoms with van der Waals surface area (Å²) in [6.07, 6.45) is 1.52. The molecular weight excluding hydrogens is 312 g/mol. The summed E-state index contributed by atoms with van der Waals surface area (Å²) in [4.78, 5) is 12.4. The highest BCUT2D eigenvalue weighted by Gasteiger charge is 2.52. The van der Waals surface area contributed by atoms with E-state index in [2.05, 4.69) is 15.9 Å². The quantitative estimate of drug-likeness (QED) is 0.915. The van der Waals surface area contributed by atoms with Crippen LogP contribution in [0.1, 0.15) is 18.4 Å². The number of benzene rings is 1. The summed E-state index contributed by atoms with van der Waals surface area (Å²) in [5, 5.41) is 11.3. The standard InChI is InChI=1S/C14H11BrO2S/c15-11-4-2-1-3-10(11)12-7-9(8-18-12)14(5-6-14)13(16)17/h1-4,7-8H,5-6H2,(H,16,17). The highest BCUT2D eigenvalue weighted by atomic mass is 79.9. The normalized spacial score (nSPS) is 16.5. The molecule has 0 unspecified atom stereocenters. The van der Waals surface area contributed by atoms with E-state index in [0.29, 0.717) is 0 Å². The molecule has 0 aliphatic heterocycles. The molecule has 0 atom stereocenters. The summed E-state index contributed by atoms with van der Waals surface area (Å²) in [5.74, 6) is -0.695. The number of carbonyl (C=O) groups is 1. The van der Waals surface area contributed by atoms with E-state index in [-0.39, 0.29) is 0 Å². The van der Waals surface area contributed by atoms with E-state index in [1.165, 1.54) is 0 Å². The molecule has 0 amide bonds. The van der Waals surface area contributed by atoms with Gasteiger partial charge in [0.1, 0.15) is 0 Å². The molecule has 1 aliphatic carbocycles. The summed E-state index contributed by atoms with van der Waals surface area (Å²) >= 11 is 5.14.